The van der Waals surface area contributed by atoms with E-state index in [4.69, 9.17) is 0 Å². The number of β-amino-alcohol motifs (C(OH)–C–C–N with tert-alkyl or cyclic N) is 1. The molecule has 2 atom stereocenters. The second kappa shape index (κ2) is 7.73. The Labute approximate surface area is 137 Å². The fraction of sp³-hybridized carbons (Fsp3) is 0.500. The summed E-state index contributed by atoms with van der Waals surface area (Å²) in [6.45, 7) is 6.23. The monoisotopic (exact) mass is 314 g/mol. The van der Waals surface area contributed by atoms with Crippen molar-refractivity contribution in [2.75, 3.05) is 19.6 Å². The Morgan fingerprint density at radius 1 is 1.22 bits per heavy atom. The van der Waals surface area contributed by atoms with Crippen LogP contribution in [0.4, 0.5) is 0 Å². The first-order valence-electron chi connectivity index (χ1n) is 8.38. The third-order valence-electron chi connectivity index (χ3n) is 4.40. The maximum atomic E-state index is 10.3. The predicted molar refractivity (Wildman–Crippen MR) is 91.1 cm³/mol. The largest absolute Gasteiger partial charge is 0.390 e. The van der Waals surface area contributed by atoms with Crippen molar-refractivity contribution in [2.45, 2.75) is 38.6 Å². The highest BCUT2D eigenvalue weighted by molar-refractivity contribution is 5.29. The van der Waals surface area contributed by atoms with E-state index in [9.17, 15) is 5.11 Å². The van der Waals surface area contributed by atoms with Crippen LogP contribution in [0, 0.1) is 0 Å². The summed E-state index contributed by atoms with van der Waals surface area (Å²) in [5.74, 6) is 0. The van der Waals surface area contributed by atoms with Crippen LogP contribution < -0.4 is 5.32 Å². The molecule has 23 heavy (non-hydrogen) atoms. The van der Waals surface area contributed by atoms with Gasteiger partial charge in [0, 0.05) is 44.6 Å². The summed E-state index contributed by atoms with van der Waals surface area (Å²) in [5, 5.41) is 17.9. The third-order valence-corrected chi connectivity index (χ3v) is 4.40. The van der Waals surface area contributed by atoms with Crippen molar-refractivity contribution >= 4 is 0 Å². The molecular weight excluding hydrogens is 288 g/mol. The summed E-state index contributed by atoms with van der Waals surface area (Å²) in [6, 6.07) is 10.8. The molecule has 2 aromatic rings. The van der Waals surface area contributed by atoms with Crippen molar-refractivity contribution < 1.29 is 5.11 Å². The van der Waals surface area contributed by atoms with Gasteiger partial charge in [0.25, 0.3) is 0 Å². The van der Waals surface area contributed by atoms with E-state index < -0.39 is 0 Å². The molecule has 0 saturated heterocycles. The molecule has 1 aromatic carbocycles. The van der Waals surface area contributed by atoms with Crippen LogP contribution in [0.5, 0.6) is 0 Å². The fourth-order valence-corrected chi connectivity index (χ4v) is 3.16. The van der Waals surface area contributed by atoms with Crippen LogP contribution in [-0.4, -0.2) is 51.6 Å². The van der Waals surface area contributed by atoms with E-state index in [0.29, 0.717) is 6.54 Å². The minimum Gasteiger partial charge on any atom is -0.390 e. The van der Waals surface area contributed by atoms with Crippen LogP contribution in [0.3, 0.4) is 0 Å². The molecule has 1 aromatic heterocycles. The maximum absolute atomic E-state index is 10.3. The van der Waals surface area contributed by atoms with Gasteiger partial charge in [-0.15, -0.1) is 0 Å². The molecule has 2 N–H and O–H groups in total. The number of nitrogens with zero attached hydrogens (tertiary/aromatic N) is 3. The van der Waals surface area contributed by atoms with Gasteiger partial charge < -0.3 is 10.4 Å². The van der Waals surface area contributed by atoms with Gasteiger partial charge in [-0.2, -0.15) is 5.10 Å². The maximum Gasteiger partial charge on any atom is 0.0791 e. The molecule has 0 amide bonds. The fourth-order valence-electron chi connectivity index (χ4n) is 3.16. The molecule has 0 unspecified atom stereocenters. The van der Waals surface area contributed by atoms with E-state index in [2.05, 4.69) is 46.5 Å². The molecule has 0 radical (unpaired) electrons. The number of aromatic nitrogens is 2. The average Bonchev–Trinajstić information content (AvgIpc) is 3.06. The molecule has 0 saturated carbocycles. The van der Waals surface area contributed by atoms with Gasteiger partial charge in [0.2, 0.25) is 0 Å². The Morgan fingerprint density at radius 3 is 2.83 bits per heavy atom. The highest BCUT2D eigenvalue weighted by Crippen LogP contribution is 2.18. The Hall–Kier alpha value is -1.69. The van der Waals surface area contributed by atoms with Gasteiger partial charge in [-0.25, -0.2) is 0 Å². The molecule has 3 rings (SSSR count). The SMILES string of the molecule is C[C@@H](Cn1cccn1)NC[C@@H](O)CN1CCc2ccccc2C1. The van der Waals surface area contributed by atoms with Crippen LogP contribution in [0.15, 0.2) is 42.7 Å². The van der Waals surface area contributed by atoms with E-state index in [1.165, 1.54) is 11.1 Å². The van der Waals surface area contributed by atoms with E-state index in [-0.39, 0.29) is 12.1 Å². The lowest BCUT2D eigenvalue weighted by molar-refractivity contribution is 0.102. The summed E-state index contributed by atoms with van der Waals surface area (Å²) >= 11 is 0. The van der Waals surface area contributed by atoms with Gasteiger partial charge in [0.05, 0.1) is 12.6 Å². The van der Waals surface area contributed by atoms with Crippen molar-refractivity contribution in [1.29, 1.82) is 0 Å². The number of hydrogen-bond acceptors (Lipinski definition) is 4. The number of benzene rings is 1. The van der Waals surface area contributed by atoms with E-state index in [1.807, 2.05) is 16.9 Å². The summed E-state index contributed by atoms with van der Waals surface area (Å²) in [6.07, 6.45) is 4.47. The summed E-state index contributed by atoms with van der Waals surface area (Å²) in [4.78, 5) is 2.34. The molecule has 1 aliphatic rings. The lowest BCUT2D eigenvalue weighted by Gasteiger charge is -2.30. The third kappa shape index (κ3) is 4.64. The van der Waals surface area contributed by atoms with Gasteiger partial charge in [-0.3, -0.25) is 9.58 Å². The minimum atomic E-state index is -0.347. The van der Waals surface area contributed by atoms with Crippen molar-refractivity contribution in [3.63, 3.8) is 0 Å². The normalized spacial score (nSPS) is 17.7. The molecular formula is C18H26N4O. The molecule has 5 nitrogen and oxygen atoms in total. The van der Waals surface area contributed by atoms with Crippen LogP contribution in [0.2, 0.25) is 0 Å². The Morgan fingerprint density at radius 2 is 2.04 bits per heavy atom. The van der Waals surface area contributed by atoms with Gasteiger partial charge >= 0.3 is 0 Å². The summed E-state index contributed by atoms with van der Waals surface area (Å²) in [5.41, 5.74) is 2.84. The zero-order valence-corrected chi connectivity index (χ0v) is 13.7. The van der Waals surface area contributed by atoms with Gasteiger partial charge in [-0.05, 0) is 30.5 Å². The van der Waals surface area contributed by atoms with Gasteiger partial charge in [-0.1, -0.05) is 24.3 Å². The Balaban J connectivity index is 1.40. The second-order valence-electron chi connectivity index (χ2n) is 6.45. The highest BCUT2D eigenvalue weighted by Gasteiger charge is 2.18. The Bertz CT molecular complexity index is 599. The van der Waals surface area contributed by atoms with E-state index in [1.54, 1.807) is 6.20 Å². The van der Waals surface area contributed by atoms with Crippen LogP contribution in [-0.2, 0) is 19.5 Å². The lowest BCUT2D eigenvalue weighted by atomic mass is 10.00. The van der Waals surface area contributed by atoms with Crippen molar-refractivity contribution in [1.82, 2.24) is 20.0 Å². The molecule has 0 fully saturated rings. The number of nitrogens with one attached hydrogen (secondary N) is 1. The van der Waals surface area contributed by atoms with Crippen molar-refractivity contribution in [3.05, 3.63) is 53.9 Å². The summed E-state index contributed by atoms with van der Waals surface area (Å²) in [7, 11) is 0. The van der Waals surface area contributed by atoms with Crippen LogP contribution >= 0.6 is 0 Å². The first-order chi connectivity index (χ1) is 11.2. The molecule has 0 spiro atoms. The second-order valence-corrected chi connectivity index (χ2v) is 6.45. The molecule has 2 heterocycles. The van der Waals surface area contributed by atoms with Crippen molar-refractivity contribution in [3.8, 4) is 0 Å². The number of aliphatic hydroxyl groups is 1. The minimum absolute atomic E-state index is 0.284. The van der Waals surface area contributed by atoms with E-state index in [0.717, 1.165) is 32.6 Å². The quantitative estimate of drug-likeness (QED) is 0.808. The predicted octanol–water partition coefficient (Wildman–Crippen LogP) is 1.28. The molecule has 1 aliphatic heterocycles. The van der Waals surface area contributed by atoms with E-state index >= 15 is 0 Å². The van der Waals surface area contributed by atoms with Crippen LogP contribution in [0.1, 0.15) is 18.1 Å². The highest BCUT2D eigenvalue weighted by atomic mass is 16.3. The van der Waals surface area contributed by atoms with Crippen LogP contribution in [0.25, 0.3) is 0 Å². The molecule has 124 valence electrons. The topological polar surface area (TPSA) is 53.3 Å². The lowest BCUT2D eigenvalue weighted by Crippen LogP contribution is -2.43. The first kappa shape index (κ1) is 16.2. The number of aliphatic hydroxyl groups excluding tert-OH is 1. The number of hydrogen-bond donors (Lipinski definition) is 2. The van der Waals surface area contributed by atoms with Gasteiger partial charge in [0.15, 0.2) is 0 Å². The smallest absolute Gasteiger partial charge is 0.0791 e. The molecule has 0 bridgehead atoms. The zero-order valence-electron chi connectivity index (χ0n) is 13.7. The first-order valence-corrected chi connectivity index (χ1v) is 8.38. The summed E-state index contributed by atoms with van der Waals surface area (Å²) < 4.78 is 1.91. The number of rotatable bonds is 7. The number of fused-ring (bicyclic) bond motifs is 1. The molecule has 0 aliphatic carbocycles. The van der Waals surface area contributed by atoms with Gasteiger partial charge in [0.1, 0.15) is 0 Å². The molecule has 5 heteroatoms. The standard InChI is InChI=1S/C18H26N4O/c1-15(12-22-9-4-8-20-22)19-11-18(23)14-21-10-7-16-5-2-3-6-17(16)13-21/h2-6,8-9,15,18-19,23H,7,10-14H2,1H3/t15-,18+/m0/s1. The average molecular weight is 314 g/mol. The zero-order chi connectivity index (χ0) is 16.1. The van der Waals surface area contributed by atoms with Crippen molar-refractivity contribution in [2.24, 2.45) is 0 Å². The Kier molecular flexibility index (Phi) is 5.43.